The minimum atomic E-state index is -0.252. The van der Waals surface area contributed by atoms with Crippen LogP contribution in [0, 0.1) is 5.82 Å². The number of benzene rings is 3. The fourth-order valence-corrected chi connectivity index (χ4v) is 3.18. The van der Waals surface area contributed by atoms with Crippen molar-refractivity contribution in [1.29, 1.82) is 0 Å². The van der Waals surface area contributed by atoms with Crippen molar-refractivity contribution in [2.75, 3.05) is 5.01 Å². The molecule has 0 bridgehead atoms. The number of hydrogen-bond acceptors (Lipinski definition) is 2. The monoisotopic (exact) mass is 342 g/mol. The van der Waals surface area contributed by atoms with Gasteiger partial charge in [0.2, 0.25) is 0 Å². The standard InChI is InChI=1S/C23H19FN2/c24-20-12-7-13-22(16-20)26-23(19-10-5-2-6-11-19)17-21(25-26)15-14-18-8-3-1-4-9-18/h1-16,23H,17H2. The van der Waals surface area contributed by atoms with Gasteiger partial charge in [0.25, 0.3) is 0 Å². The van der Waals surface area contributed by atoms with Gasteiger partial charge in [0.05, 0.1) is 17.4 Å². The van der Waals surface area contributed by atoms with Crippen LogP contribution < -0.4 is 5.01 Å². The first-order chi connectivity index (χ1) is 12.8. The molecule has 128 valence electrons. The summed E-state index contributed by atoms with van der Waals surface area (Å²) < 4.78 is 13.7. The first kappa shape index (κ1) is 16.3. The maximum Gasteiger partial charge on any atom is 0.125 e. The summed E-state index contributed by atoms with van der Waals surface area (Å²) in [6.45, 7) is 0. The van der Waals surface area contributed by atoms with Crippen molar-refractivity contribution < 1.29 is 4.39 Å². The molecule has 0 aliphatic carbocycles. The second kappa shape index (κ2) is 7.36. The highest BCUT2D eigenvalue weighted by Gasteiger charge is 2.28. The number of allylic oxidation sites excluding steroid dienone is 1. The quantitative estimate of drug-likeness (QED) is 0.581. The lowest BCUT2D eigenvalue weighted by molar-refractivity contribution is 0.624. The van der Waals surface area contributed by atoms with Crippen LogP contribution >= 0.6 is 0 Å². The molecule has 0 spiro atoms. The Balaban J connectivity index is 1.66. The number of halogens is 1. The van der Waals surface area contributed by atoms with Crippen molar-refractivity contribution in [3.05, 3.63) is 108 Å². The van der Waals surface area contributed by atoms with Crippen LogP contribution in [-0.2, 0) is 0 Å². The second-order valence-corrected chi connectivity index (χ2v) is 6.29. The predicted molar refractivity (Wildman–Crippen MR) is 106 cm³/mol. The fourth-order valence-electron chi connectivity index (χ4n) is 3.18. The van der Waals surface area contributed by atoms with Crippen LogP contribution in [0.15, 0.2) is 96.1 Å². The van der Waals surface area contributed by atoms with Crippen molar-refractivity contribution in [1.82, 2.24) is 0 Å². The smallest absolute Gasteiger partial charge is 0.125 e. The molecule has 0 amide bonds. The summed E-state index contributed by atoms with van der Waals surface area (Å²) in [5.74, 6) is -0.252. The Hall–Kier alpha value is -3.20. The van der Waals surface area contributed by atoms with Crippen LogP contribution in [0.3, 0.4) is 0 Å². The molecule has 0 N–H and O–H groups in total. The van der Waals surface area contributed by atoms with Crippen molar-refractivity contribution in [2.24, 2.45) is 5.10 Å². The highest BCUT2D eigenvalue weighted by molar-refractivity contribution is 6.01. The molecule has 1 heterocycles. The van der Waals surface area contributed by atoms with Crippen molar-refractivity contribution in [3.8, 4) is 0 Å². The number of hydrazone groups is 1. The average molecular weight is 342 g/mol. The van der Waals surface area contributed by atoms with Gasteiger partial charge in [0.15, 0.2) is 0 Å². The zero-order valence-corrected chi connectivity index (χ0v) is 14.3. The van der Waals surface area contributed by atoms with Gasteiger partial charge < -0.3 is 0 Å². The SMILES string of the molecule is Fc1cccc(N2N=C(C=Cc3ccccc3)CC2c2ccccc2)c1. The van der Waals surface area contributed by atoms with Gasteiger partial charge in [0.1, 0.15) is 5.82 Å². The molecular weight excluding hydrogens is 323 g/mol. The molecule has 3 aromatic rings. The largest absolute Gasteiger partial charge is 0.257 e. The van der Waals surface area contributed by atoms with Crippen LogP contribution in [0.5, 0.6) is 0 Å². The molecule has 3 heteroatoms. The van der Waals surface area contributed by atoms with Gasteiger partial charge in [0, 0.05) is 6.42 Å². The van der Waals surface area contributed by atoms with Crippen LogP contribution in [-0.4, -0.2) is 5.71 Å². The summed E-state index contributed by atoms with van der Waals surface area (Å²) in [6, 6.07) is 27.1. The summed E-state index contributed by atoms with van der Waals surface area (Å²) in [4.78, 5) is 0. The van der Waals surface area contributed by atoms with Crippen LogP contribution in [0.25, 0.3) is 6.08 Å². The zero-order chi connectivity index (χ0) is 17.8. The van der Waals surface area contributed by atoms with E-state index in [0.29, 0.717) is 0 Å². The van der Waals surface area contributed by atoms with Crippen LogP contribution in [0.2, 0.25) is 0 Å². The normalized spacial score (nSPS) is 16.9. The summed E-state index contributed by atoms with van der Waals surface area (Å²) in [5.41, 5.74) is 4.05. The molecule has 26 heavy (non-hydrogen) atoms. The van der Waals surface area contributed by atoms with Crippen molar-refractivity contribution >= 4 is 17.5 Å². The van der Waals surface area contributed by atoms with E-state index in [-0.39, 0.29) is 11.9 Å². The summed E-state index contributed by atoms with van der Waals surface area (Å²) >= 11 is 0. The molecule has 1 atom stereocenters. The van der Waals surface area contributed by atoms with Crippen LogP contribution in [0.4, 0.5) is 10.1 Å². The Morgan fingerprint density at radius 2 is 1.58 bits per heavy atom. The van der Waals surface area contributed by atoms with Gasteiger partial charge in [-0.2, -0.15) is 5.10 Å². The summed E-state index contributed by atoms with van der Waals surface area (Å²) in [6.07, 6.45) is 4.89. The van der Waals surface area contributed by atoms with E-state index in [1.807, 2.05) is 53.5 Å². The topological polar surface area (TPSA) is 15.6 Å². The Labute approximate surface area is 152 Å². The van der Waals surface area contributed by atoms with Gasteiger partial charge in [-0.05, 0) is 35.4 Å². The predicted octanol–water partition coefficient (Wildman–Crippen LogP) is 5.85. The third kappa shape index (κ3) is 3.57. The lowest BCUT2D eigenvalue weighted by Gasteiger charge is -2.24. The van der Waals surface area contributed by atoms with Gasteiger partial charge in [-0.15, -0.1) is 0 Å². The molecular formula is C23H19FN2. The Morgan fingerprint density at radius 1 is 0.846 bits per heavy atom. The highest BCUT2D eigenvalue weighted by atomic mass is 19.1. The molecule has 3 aromatic carbocycles. The van der Waals surface area contributed by atoms with Crippen LogP contribution in [0.1, 0.15) is 23.6 Å². The molecule has 1 aliphatic rings. The minimum absolute atomic E-state index is 0.0634. The molecule has 0 saturated heterocycles. The molecule has 0 radical (unpaired) electrons. The number of nitrogens with zero attached hydrogens (tertiary/aromatic N) is 2. The van der Waals surface area contributed by atoms with E-state index in [4.69, 9.17) is 5.10 Å². The van der Waals surface area contributed by atoms with E-state index in [9.17, 15) is 4.39 Å². The number of hydrogen-bond donors (Lipinski definition) is 0. The third-order valence-electron chi connectivity index (χ3n) is 4.46. The molecule has 1 unspecified atom stereocenters. The average Bonchev–Trinajstić information content (AvgIpc) is 3.12. The highest BCUT2D eigenvalue weighted by Crippen LogP contribution is 2.35. The number of anilines is 1. The second-order valence-electron chi connectivity index (χ2n) is 6.29. The fraction of sp³-hybridized carbons (Fsp3) is 0.0870. The van der Waals surface area contributed by atoms with Crippen molar-refractivity contribution in [2.45, 2.75) is 12.5 Å². The molecule has 4 rings (SSSR count). The molecule has 0 aromatic heterocycles. The van der Waals surface area contributed by atoms with E-state index in [1.165, 1.54) is 17.7 Å². The summed E-state index contributed by atoms with van der Waals surface area (Å²) in [5, 5.41) is 6.69. The zero-order valence-electron chi connectivity index (χ0n) is 14.3. The van der Waals surface area contributed by atoms with Gasteiger partial charge in [-0.1, -0.05) is 72.8 Å². The first-order valence-electron chi connectivity index (χ1n) is 8.70. The molecule has 0 fully saturated rings. The van der Waals surface area contributed by atoms with E-state index >= 15 is 0 Å². The van der Waals surface area contributed by atoms with Gasteiger partial charge >= 0.3 is 0 Å². The maximum absolute atomic E-state index is 13.7. The molecule has 2 nitrogen and oxygen atoms in total. The van der Waals surface area contributed by atoms with E-state index in [2.05, 4.69) is 30.3 Å². The van der Waals surface area contributed by atoms with E-state index < -0.39 is 0 Å². The van der Waals surface area contributed by atoms with Crippen molar-refractivity contribution in [3.63, 3.8) is 0 Å². The van der Waals surface area contributed by atoms with E-state index in [1.54, 1.807) is 6.07 Å². The molecule has 1 aliphatic heterocycles. The number of rotatable bonds is 4. The maximum atomic E-state index is 13.7. The third-order valence-corrected chi connectivity index (χ3v) is 4.46. The van der Waals surface area contributed by atoms with Gasteiger partial charge in [-0.3, -0.25) is 5.01 Å². The first-order valence-corrected chi connectivity index (χ1v) is 8.70. The minimum Gasteiger partial charge on any atom is -0.257 e. The summed E-state index contributed by atoms with van der Waals surface area (Å²) in [7, 11) is 0. The Bertz CT molecular complexity index is 933. The lowest BCUT2D eigenvalue weighted by Crippen LogP contribution is -2.18. The van der Waals surface area contributed by atoms with E-state index in [0.717, 1.165) is 23.4 Å². The Kier molecular flexibility index (Phi) is 4.61. The van der Waals surface area contributed by atoms with Gasteiger partial charge in [-0.25, -0.2) is 4.39 Å². The molecule has 0 saturated carbocycles. The lowest BCUT2D eigenvalue weighted by atomic mass is 10.0. The Morgan fingerprint density at radius 3 is 2.31 bits per heavy atom.